The van der Waals surface area contributed by atoms with Gasteiger partial charge in [0.05, 0.1) is 11.4 Å². The van der Waals surface area contributed by atoms with Crippen LogP contribution < -0.4 is 11.2 Å². The van der Waals surface area contributed by atoms with Gasteiger partial charge >= 0.3 is 5.69 Å². The molecule has 13 heteroatoms. The molecule has 0 aromatic carbocycles. The zero-order chi connectivity index (χ0) is 27.8. The fraction of sp³-hybridized carbons (Fsp3) is 0.0800. The molecule has 0 saturated heterocycles. The minimum absolute atomic E-state index is 0. The molecule has 5 heterocycles. The molecule has 0 saturated carbocycles. The maximum Gasteiger partial charge on any atom is 0.332 e. The molecule has 5 rings (SSSR count). The van der Waals surface area contributed by atoms with Gasteiger partial charge in [0.15, 0.2) is 5.65 Å². The number of aromatic nitrogens is 7. The molecule has 5 aromatic heterocycles. The van der Waals surface area contributed by atoms with Gasteiger partial charge in [0.25, 0.3) is 5.56 Å². The quantitative estimate of drug-likeness (QED) is 0.267. The van der Waals surface area contributed by atoms with Crippen molar-refractivity contribution in [1.82, 2.24) is 34.1 Å². The van der Waals surface area contributed by atoms with Crippen LogP contribution in [0.4, 0.5) is 0 Å². The van der Waals surface area contributed by atoms with Gasteiger partial charge in [-0.1, -0.05) is 12.1 Å². The maximum absolute atomic E-state index is 12.0. The van der Waals surface area contributed by atoms with E-state index in [1.165, 1.54) is 11.6 Å². The van der Waals surface area contributed by atoms with Crippen LogP contribution in [0.5, 0.6) is 0 Å². The third-order valence-electron chi connectivity index (χ3n) is 4.64. The molecule has 12 nitrogen and oxygen atoms in total. The molecule has 0 spiro atoms. The average molecular weight is 684 g/mol. The molecule has 1 N–H and O–H groups in total. The van der Waals surface area contributed by atoms with Crippen LogP contribution in [0.3, 0.4) is 0 Å². The molecular formula is C25H19N7O5Re-3. The van der Waals surface area contributed by atoms with Crippen LogP contribution >= 0.6 is 0 Å². The Kier molecular flexibility index (Phi) is 15.5. The fourth-order valence-electron chi connectivity index (χ4n) is 3.00. The molecule has 0 fully saturated rings. The Hall–Kier alpha value is -4.73. The zero-order valence-corrected chi connectivity index (χ0v) is 22.7. The normalized spacial score (nSPS) is 8.89. The summed E-state index contributed by atoms with van der Waals surface area (Å²) in [7, 11) is 3.03. The van der Waals surface area contributed by atoms with Crippen molar-refractivity contribution in [2.75, 3.05) is 0 Å². The predicted molar refractivity (Wildman–Crippen MR) is 134 cm³/mol. The minimum Gasteiger partial charge on any atom is -0.573 e. The smallest absolute Gasteiger partial charge is 0.332 e. The number of imidazole rings is 1. The van der Waals surface area contributed by atoms with Gasteiger partial charge in [0, 0.05) is 64.9 Å². The summed E-state index contributed by atoms with van der Waals surface area (Å²) < 4.78 is 2.40. The molecule has 0 aliphatic carbocycles. The van der Waals surface area contributed by atoms with Gasteiger partial charge in [-0.25, -0.2) is 9.78 Å². The van der Waals surface area contributed by atoms with Crippen molar-refractivity contribution in [2.24, 2.45) is 14.1 Å². The summed E-state index contributed by atoms with van der Waals surface area (Å²) >= 11 is 0. The van der Waals surface area contributed by atoms with Crippen LogP contribution in [0.1, 0.15) is 0 Å². The van der Waals surface area contributed by atoms with Gasteiger partial charge in [-0.05, 0) is 36.4 Å². The van der Waals surface area contributed by atoms with Crippen LogP contribution in [-0.4, -0.2) is 54.4 Å². The summed E-state index contributed by atoms with van der Waals surface area (Å²) in [5, 5.41) is 0. The first-order valence-electron chi connectivity index (χ1n) is 10.1. The second kappa shape index (κ2) is 17.7. The molecule has 194 valence electrons. The third-order valence-corrected chi connectivity index (χ3v) is 4.64. The van der Waals surface area contributed by atoms with Gasteiger partial charge in [0.1, 0.15) is 11.3 Å². The molecule has 5 aromatic rings. The van der Waals surface area contributed by atoms with Gasteiger partial charge in [-0.15, -0.1) is 0 Å². The van der Waals surface area contributed by atoms with E-state index in [4.69, 9.17) is 14.4 Å². The van der Waals surface area contributed by atoms with E-state index >= 15 is 0 Å². The summed E-state index contributed by atoms with van der Waals surface area (Å²) in [4.78, 5) is 65.9. The van der Waals surface area contributed by atoms with Gasteiger partial charge in [-0.3, -0.25) is 28.9 Å². The number of fused-ring (bicyclic) bond motifs is 1. The van der Waals surface area contributed by atoms with Crippen LogP contribution in [0, 0.1) is 0 Å². The van der Waals surface area contributed by atoms with E-state index in [0.717, 1.165) is 21.5 Å². The number of hydrogen-bond acceptors (Lipinski definition) is 9. The molecule has 0 bridgehead atoms. The molecule has 0 unspecified atom stereocenters. The van der Waals surface area contributed by atoms with E-state index in [1.54, 1.807) is 44.0 Å². The minimum atomic E-state index is -0.398. The van der Waals surface area contributed by atoms with Crippen LogP contribution in [0.25, 0.3) is 33.9 Å². The van der Waals surface area contributed by atoms with Gasteiger partial charge in [0.2, 0.25) is 0 Å². The van der Waals surface area contributed by atoms with Crippen LogP contribution in [0.2, 0.25) is 0 Å². The van der Waals surface area contributed by atoms with Crippen molar-refractivity contribution >= 4 is 31.5 Å². The number of hydrogen-bond donors (Lipinski definition) is 1. The Labute approximate surface area is 231 Å². The monoisotopic (exact) mass is 684 g/mol. The number of nitrogens with zero attached hydrogens (tertiary/aromatic N) is 6. The van der Waals surface area contributed by atoms with E-state index < -0.39 is 5.69 Å². The molecule has 0 atom stereocenters. The zero-order valence-electron chi connectivity index (χ0n) is 20.0. The van der Waals surface area contributed by atoms with Gasteiger partial charge in [-0.2, -0.15) is 0 Å². The summed E-state index contributed by atoms with van der Waals surface area (Å²) in [5.41, 5.74) is 2.52. The molecule has 0 amide bonds. The van der Waals surface area contributed by atoms with Crippen LogP contribution in [-0.2, 0) is 48.9 Å². The van der Waals surface area contributed by atoms with E-state index in [9.17, 15) is 9.59 Å². The Morgan fingerprint density at radius 3 is 1.66 bits per heavy atom. The fourth-order valence-corrected chi connectivity index (χ4v) is 3.00. The number of H-pyrrole nitrogens is 1. The molecular weight excluding hydrogens is 665 g/mol. The van der Waals surface area contributed by atoms with E-state index in [2.05, 4.69) is 45.3 Å². The van der Waals surface area contributed by atoms with Crippen molar-refractivity contribution in [3.05, 3.63) is 94.2 Å². The molecule has 38 heavy (non-hydrogen) atoms. The largest absolute Gasteiger partial charge is 0.573 e. The SMILES string of the molecule is Cn1c(=O)c2[nH]c(-c3ccncc3)nc2n(C)c1=O.[C-]=O.[C-]=O.[C-]=O.[Re].c1ccc(-c2ccccn2)nc1. The first kappa shape index (κ1) is 33.3. The maximum atomic E-state index is 12.0. The number of aromatic amines is 1. The van der Waals surface area contributed by atoms with Crippen molar-refractivity contribution in [3.8, 4) is 22.8 Å². The Morgan fingerprint density at radius 1 is 0.711 bits per heavy atom. The average Bonchev–Trinajstić information content (AvgIpc) is 3.46. The Bertz CT molecular complexity index is 1450. The molecule has 0 aliphatic rings. The molecule has 0 aliphatic heterocycles. The summed E-state index contributed by atoms with van der Waals surface area (Å²) in [6.45, 7) is 13.5. The topological polar surface area (TPSA) is 163 Å². The first-order valence-corrected chi connectivity index (χ1v) is 10.1. The predicted octanol–water partition coefficient (Wildman–Crippen LogP) is 0.972. The number of pyridine rings is 3. The number of aryl methyl sites for hydroxylation is 1. The van der Waals surface area contributed by atoms with Crippen molar-refractivity contribution in [1.29, 1.82) is 0 Å². The van der Waals surface area contributed by atoms with Crippen LogP contribution in [0.15, 0.2) is 82.9 Å². The molecule has 4 radical (unpaired) electrons. The van der Waals surface area contributed by atoms with E-state index in [0.29, 0.717) is 17.0 Å². The number of rotatable bonds is 2. The Balaban J connectivity index is 0.000000625. The summed E-state index contributed by atoms with van der Waals surface area (Å²) in [6, 6.07) is 15.2. The second-order valence-electron chi connectivity index (χ2n) is 6.66. The number of nitrogens with one attached hydrogen (secondary N) is 1. The Morgan fingerprint density at radius 2 is 1.21 bits per heavy atom. The van der Waals surface area contributed by atoms with Crippen molar-refractivity contribution < 1.29 is 34.8 Å². The van der Waals surface area contributed by atoms with E-state index in [1.807, 2.05) is 36.4 Å². The van der Waals surface area contributed by atoms with Crippen molar-refractivity contribution in [3.63, 3.8) is 0 Å². The third kappa shape index (κ3) is 8.16. The summed E-state index contributed by atoms with van der Waals surface area (Å²) in [5.74, 6) is 0.538. The standard InChI is InChI=1S/C12H11N5O2.C10H8N2.3CO.Re/c1-16-10-8(11(18)17(2)12(16)19)14-9(15-10)7-3-5-13-6-4-7;1-3-7-11-9(5-1)10-6-2-4-8-12-10;3*1-2;/h3-6H,1-2H3,(H,14,15);1-8H;;;;/q;;3*-1;. The summed E-state index contributed by atoms with van der Waals surface area (Å²) in [6.07, 6.45) is 6.81. The van der Waals surface area contributed by atoms with Crippen molar-refractivity contribution in [2.45, 2.75) is 0 Å². The first-order chi connectivity index (χ1) is 18.1. The van der Waals surface area contributed by atoms with Gasteiger partial charge < -0.3 is 39.7 Å². The number of carbonyl (C=O) groups excluding carboxylic acids is 3. The van der Waals surface area contributed by atoms with E-state index in [-0.39, 0.29) is 26.0 Å². The second-order valence-corrected chi connectivity index (χ2v) is 6.66.